The van der Waals surface area contributed by atoms with E-state index in [-0.39, 0.29) is 11.8 Å². The van der Waals surface area contributed by atoms with Gasteiger partial charge in [-0.1, -0.05) is 41.4 Å². The van der Waals surface area contributed by atoms with Crippen LogP contribution in [0.5, 0.6) is 5.75 Å². The molecule has 1 saturated carbocycles. The van der Waals surface area contributed by atoms with Gasteiger partial charge in [0.15, 0.2) is 12.1 Å². The molecule has 1 amide bonds. The van der Waals surface area contributed by atoms with E-state index >= 15 is 0 Å². The number of aldehydes is 1. The zero-order valence-corrected chi connectivity index (χ0v) is 27.6. The fraction of sp³-hybridized carbons (Fsp3) is 0.343. The van der Waals surface area contributed by atoms with Gasteiger partial charge >= 0.3 is 5.97 Å². The van der Waals surface area contributed by atoms with E-state index in [9.17, 15) is 19.5 Å². The summed E-state index contributed by atoms with van der Waals surface area (Å²) < 4.78 is 7.21. The molecule has 2 aromatic carbocycles. The van der Waals surface area contributed by atoms with Crippen LogP contribution in [-0.2, 0) is 24.8 Å². The quantitative estimate of drug-likeness (QED) is 0.186. The molecule has 0 spiro atoms. The van der Waals surface area contributed by atoms with Crippen molar-refractivity contribution in [3.05, 3.63) is 81.5 Å². The zero-order chi connectivity index (χ0) is 33.2. The van der Waals surface area contributed by atoms with Crippen molar-refractivity contribution in [2.24, 2.45) is 18.9 Å². The summed E-state index contributed by atoms with van der Waals surface area (Å²) in [6.07, 6.45) is 6.44. The van der Waals surface area contributed by atoms with E-state index in [1.54, 1.807) is 42.6 Å². The molecule has 1 fully saturated rings. The van der Waals surface area contributed by atoms with Gasteiger partial charge in [-0.25, -0.2) is 4.98 Å². The molecular formula is C35H35Cl2N5O5. The topological polar surface area (TPSA) is 127 Å². The van der Waals surface area contributed by atoms with Crippen LogP contribution in [0.1, 0.15) is 58.0 Å². The number of methoxy groups -OCH3 is 1. The van der Waals surface area contributed by atoms with Crippen LogP contribution in [-0.4, -0.2) is 62.9 Å². The number of carbonyl (C=O) groups is 3. The summed E-state index contributed by atoms with van der Waals surface area (Å²) >= 11 is 13.8. The normalized spacial score (nSPS) is 18.0. The average molecular weight is 677 g/mol. The Hall–Kier alpha value is -4.25. The van der Waals surface area contributed by atoms with Crippen LogP contribution in [0.15, 0.2) is 48.7 Å². The first-order valence-electron chi connectivity index (χ1n) is 15.6. The number of fused-ring (bicyclic) bond motifs is 1. The molecule has 12 heteroatoms. The summed E-state index contributed by atoms with van der Waals surface area (Å²) in [5.74, 6) is -0.0902. The molecule has 2 N–H and O–H groups in total. The number of hydrogen-bond acceptors (Lipinski definition) is 7. The van der Waals surface area contributed by atoms with Crippen LogP contribution in [0, 0.1) is 11.8 Å². The van der Waals surface area contributed by atoms with Gasteiger partial charge < -0.3 is 19.7 Å². The Balaban J connectivity index is 1.19. The lowest BCUT2D eigenvalue weighted by atomic mass is 9.81. The molecule has 3 heterocycles. The number of carbonyl (C=O) groups excluding carboxylic acids is 2. The van der Waals surface area contributed by atoms with Gasteiger partial charge in [0.25, 0.3) is 5.91 Å². The Morgan fingerprint density at radius 1 is 1.09 bits per heavy atom. The van der Waals surface area contributed by atoms with Gasteiger partial charge in [-0.15, -0.1) is 0 Å². The number of ether oxygens (including phenoxy) is 1. The Labute approximate surface area is 282 Å². The van der Waals surface area contributed by atoms with Crippen molar-refractivity contribution in [2.75, 3.05) is 25.5 Å². The number of carboxylic acids is 1. The number of amides is 1. The lowest BCUT2D eigenvalue weighted by Gasteiger charge is -2.33. The minimum atomic E-state index is -0.686. The van der Waals surface area contributed by atoms with Crippen molar-refractivity contribution in [2.45, 2.75) is 38.6 Å². The summed E-state index contributed by atoms with van der Waals surface area (Å²) in [6.45, 7) is 2.42. The van der Waals surface area contributed by atoms with Crippen LogP contribution in [0.4, 0.5) is 5.69 Å². The molecule has 0 saturated heterocycles. The number of anilines is 1. The highest BCUT2D eigenvalue weighted by molar-refractivity contribution is 6.39. The van der Waals surface area contributed by atoms with E-state index in [1.165, 1.54) is 7.11 Å². The molecule has 10 nitrogen and oxygen atoms in total. The molecule has 0 radical (unpaired) electrons. The van der Waals surface area contributed by atoms with Crippen molar-refractivity contribution < 1.29 is 24.2 Å². The van der Waals surface area contributed by atoms with Crippen molar-refractivity contribution >= 4 is 47.1 Å². The minimum Gasteiger partial charge on any atom is -0.496 e. The first-order valence-corrected chi connectivity index (χ1v) is 16.3. The van der Waals surface area contributed by atoms with Gasteiger partial charge in [-0.2, -0.15) is 0 Å². The summed E-state index contributed by atoms with van der Waals surface area (Å²) in [6, 6.07) is 12.2. The summed E-state index contributed by atoms with van der Waals surface area (Å²) in [5.41, 5.74) is 5.15. The highest BCUT2D eigenvalue weighted by Crippen LogP contribution is 2.41. The van der Waals surface area contributed by atoms with Crippen LogP contribution in [0.2, 0.25) is 10.0 Å². The third-order valence-corrected chi connectivity index (χ3v) is 10.1. The average Bonchev–Trinajstić information content (AvgIpc) is 3.41. The SMILES string of the molecule is COc1cc(-c2nccc(-c3cccc(NC(=O)c4nc5c(n4C)CCN(CC4CCC(C(=O)O)CC4)C5)c3Cl)c2Cl)ccc1C=O. The maximum Gasteiger partial charge on any atom is 0.306 e. The first kappa shape index (κ1) is 32.7. The van der Waals surface area contributed by atoms with E-state index in [2.05, 4.69) is 15.2 Å². The molecule has 0 unspecified atom stereocenters. The summed E-state index contributed by atoms with van der Waals surface area (Å²) in [7, 11) is 3.35. The molecule has 6 rings (SSSR count). The first-order chi connectivity index (χ1) is 22.7. The third-order valence-electron chi connectivity index (χ3n) is 9.31. The molecule has 47 heavy (non-hydrogen) atoms. The number of aromatic nitrogens is 3. The van der Waals surface area contributed by atoms with Gasteiger partial charge in [-0.3, -0.25) is 24.3 Å². The number of nitrogens with one attached hydrogen (secondary N) is 1. The van der Waals surface area contributed by atoms with Crippen LogP contribution >= 0.6 is 23.2 Å². The van der Waals surface area contributed by atoms with E-state index in [1.807, 2.05) is 17.7 Å². The number of hydrogen-bond donors (Lipinski definition) is 2. The fourth-order valence-corrected chi connectivity index (χ4v) is 7.32. The number of pyridine rings is 1. The highest BCUT2D eigenvalue weighted by Gasteiger charge is 2.30. The van der Waals surface area contributed by atoms with Crippen molar-refractivity contribution in [1.29, 1.82) is 0 Å². The molecule has 0 bridgehead atoms. The zero-order valence-electron chi connectivity index (χ0n) is 26.1. The number of benzene rings is 2. The third kappa shape index (κ3) is 6.63. The maximum absolute atomic E-state index is 13.6. The molecule has 2 aliphatic rings. The van der Waals surface area contributed by atoms with E-state index in [0.717, 1.165) is 62.9 Å². The van der Waals surface area contributed by atoms with Crippen LogP contribution in [0.3, 0.4) is 0 Å². The Kier molecular flexibility index (Phi) is 9.63. The number of rotatable bonds is 9. The lowest BCUT2D eigenvalue weighted by molar-refractivity contribution is -0.143. The standard InChI is InChI=1S/C35H35Cl2N5O5/c1-41-28-13-15-42(17-20-6-8-21(9-7-20)35(45)46)18-27(28)39-33(41)34(44)40-26-5-3-4-24(30(26)36)25-12-14-38-32(31(25)37)22-10-11-23(19-43)29(16-22)47-2/h3-5,10-12,14,16,19-21H,6-9,13,15,17-18H2,1-2H3,(H,40,44)(H,45,46). The molecular weight excluding hydrogens is 641 g/mol. The second-order valence-corrected chi connectivity index (χ2v) is 12.9. The number of nitrogens with zero attached hydrogens (tertiary/aromatic N) is 4. The van der Waals surface area contributed by atoms with Crippen molar-refractivity contribution in [3.8, 4) is 28.1 Å². The molecule has 244 valence electrons. The molecule has 0 atom stereocenters. The lowest BCUT2D eigenvalue weighted by Crippen LogP contribution is -2.36. The van der Waals surface area contributed by atoms with Gasteiger partial charge in [0, 0.05) is 61.7 Å². The molecule has 1 aliphatic heterocycles. The Morgan fingerprint density at radius 2 is 1.85 bits per heavy atom. The van der Waals surface area contributed by atoms with E-state index in [4.69, 9.17) is 32.9 Å². The van der Waals surface area contributed by atoms with E-state index < -0.39 is 5.97 Å². The number of halogens is 2. The second kappa shape index (κ2) is 13.9. The predicted octanol–water partition coefficient (Wildman–Crippen LogP) is 6.78. The van der Waals surface area contributed by atoms with Crippen LogP contribution < -0.4 is 10.1 Å². The van der Waals surface area contributed by atoms with Gasteiger partial charge in [0.05, 0.1) is 45.7 Å². The fourth-order valence-electron chi connectivity index (χ4n) is 6.72. The van der Waals surface area contributed by atoms with Crippen molar-refractivity contribution in [1.82, 2.24) is 19.4 Å². The monoisotopic (exact) mass is 675 g/mol. The summed E-state index contributed by atoms with van der Waals surface area (Å²) in [4.78, 5) is 47.8. The largest absolute Gasteiger partial charge is 0.496 e. The van der Waals surface area contributed by atoms with Gasteiger partial charge in [0.1, 0.15) is 5.75 Å². The molecule has 2 aromatic heterocycles. The van der Waals surface area contributed by atoms with Gasteiger partial charge in [-0.05, 0) is 55.9 Å². The smallest absolute Gasteiger partial charge is 0.306 e. The molecule has 4 aromatic rings. The second-order valence-electron chi connectivity index (χ2n) is 12.1. The van der Waals surface area contributed by atoms with E-state index in [0.29, 0.717) is 67.7 Å². The number of imidazole rings is 1. The predicted molar refractivity (Wildman–Crippen MR) is 180 cm³/mol. The van der Waals surface area contributed by atoms with Crippen molar-refractivity contribution in [3.63, 3.8) is 0 Å². The maximum atomic E-state index is 13.6. The summed E-state index contributed by atoms with van der Waals surface area (Å²) in [5, 5.41) is 12.9. The number of aliphatic carboxylic acids is 1. The van der Waals surface area contributed by atoms with Gasteiger partial charge in [0.2, 0.25) is 0 Å². The Bertz CT molecular complexity index is 1850. The minimum absolute atomic E-state index is 0.220. The number of carboxylic acid groups (broad SMARTS) is 1. The molecule has 1 aliphatic carbocycles. The van der Waals surface area contributed by atoms with Crippen LogP contribution in [0.25, 0.3) is 22.4 Å². The highest BCUT2D eigenvalue weighted by atomic mass is 35.5. The Morgan fingerprint density at radius 3 is 2.57 bits per heavy atom.